The Balaban J connectivity index is -0.0000000771. The lowest BCUT2D eigenvalue weighted by Gasteiger charge is -1.69. The van der Waals surface area contributed by atoms with Crippen LogP contribution in [0.4, 0.5) is 0 Å². The van der Waals surface area contributed by atoms with Crippen molar-refractivity contribution in [1.82, 2.24) is 0 Å². The molecule has 0 aliphatic rings. The molecule has 0 aromatic rings. The van der Waals surface area contributed by atoms with Crippen LogP contribution in [0.5, 0.6) is 0 Å². The van der Waals surface area contributed by atoms with Crippen LogP contribution >= 0.6 is 0 Å². The summed E-state index contributed by atoms with van der Waals surface area (Å²) in [6.07, 6.45) is 6.91. The molecule has 0 saturated heterocycles. The van der Waals surface area contributed by atoms with Crippen LogP contribution in [-0.4, -0.2) is 0 Å². The third-order valence-corrected chi connectivity index (χ3v) is 0.394. The Hall–Kier alpha value is -0.440. The molecule has 0 fully saturated rings. The summed E-state index contributed by atoms with van der Waals surface area (Å²) in [5.74, 6) is 2.52. The lowest BCUT2D eigenvalue weighted by molar-refractivity contribution is 0.984. The summed E-state index contributed by atoms with van der Waals surface area (Å²) in [5, 5.41) is 0. The van der Waals surface area contributed by atoms with Crippen molar-refractivity contribution < 1.29 is 0 Å². The predicted octanol–water partition coefficient (Wildman–Crippen LogP) is 3.47. The molecule has 0 amide bonds. The predicted molar refractivity (Wildman–Crippen MR) is 46.4 cm³/mol. The van der Waals surface area contributed by atoms with E-state index in [0.717, 1.165) is 12.8 Å². The summed E-state index contributed by atoms with van der Waals surface area (Å²) >= 11 is 0. The molecule has 0 aromatic heterocycles. The highest BCUT2D eigenvalue weighted by atomic mass is 13.7. The fourth-order valence-corrected chi connectivity index (χ4v) is 0.144. The van der Waals surface area contributed by atoms with Crippen LogP contribution in [0.1, 0.15) is 47.5 Å². The molecule has 9 heavy (non-hydrogen) atoms. The molecule has 0 heteroatoms. The standard InChI is InChI=1S/C5H8.2C2H6/c1-3-5-4-2;2*1-2/h1H,4-5H2,2H3;2*1-2H3. The van der Waals surface area contributed by atoms with E-state index in [0.29, 0.717) is 0 Å². The summed E-state index contributed by atoms with van der Waals surface area (Å²) < 4.78 is 0. The quantitative estimate of drug-likeness (QED) is 0.474. The SMILES string of the molecule is C#CCCC.CC.CC. The Kier molecular flexibility index (Phi) is 87.3. The number of rotatable bonds is 1. The smallest absolute Gasteiger partial charge is 0.00834 e. The molecule has 0 atom stereocenters. The zero-order valence-electron chi connectivity index (χ0n) is 7.49. The average molecular weight is 128 g/mol. The van der Waals surface area contributed by atoms with Crippen molar-refractivity contribution in [3.05, 3.63) is 0 Å². The molecular formula is C9H20. The van der Waals surface area contributed by atoms with E-state index >= 15 is 0 Å². The van der Waals surface area contributed by atoms with Gasteiger partial charge in [-0.1, -0.05) is 34.6 Å². The van der Waals surface area contributed by atoms with Crippen LogP contribution in [0.2, 0.25) is 0 Å². The third-order valence-electron chi connectivity index (χ3n) is 0.394. The van der Waals surface area contributed by atoms with Gasteiger partial charge in [0, 0.05) is 6.42 Å². The van der Waals surface area contributed by atoms with Crippen molar-refractivity contribution in [2.45, 2.75) is 47.5 Å². The molecule has 0 saturated carbocycles. The second-order valence-corrected chi connectivity index (χ2v) is 0.954. The van der Waals surface area contributed by atoms with E-state index in [1.807, 2.05) is 27.7 Å². The highest BCUT2D eigenvalue weighted by Crippen LogP contribution is 1.77. The maximum absolute atomic E-state index is 4.89. The Morgan fingerprint density at radius 3 is 1.44 bits per heavy atom. The van der Waals surface area contributed by atoms with Crippen molar-refractivity contribution in [2.75, 3.05) is 0 Å². The first-order valence-corrected chi connectivity index (χ1v) is 3.85. The molecule has 0 aliphatic carbocycles. The number of terminal acetylenes is 1. The molecular weight excluding hydrogens is 108 g/mol. The molecule has 0 unspecified atom stereocenters. The minimum absolute atomic E-state index is 0.917. The van der Waals surface area contributed by atoms with Crippen LogP contribution in [-0.2, 0) is 0 Å². The molecule has 0 nitrogen and oxygen atoms in total. The maximum Gasteiger partial charge on any atom is 0.00834 e. The molecule has 0 aromatic carbocycles. The lowest BCUT2D eigenvalue weighted by Crippen LogP contribution is -1.53. The van der Waals surface area contributed by atoms with E-state index in [1.54, 1.807) is 0 Å². The Morgan fingerprint density at radius 1 is 1.11 bits per heavy atom. The topological polar surface area (TPSA) is 0 Å². The Bertz CT molecular complexity index is 38.5. The summed E-state index contributed by atoms with van der Waals surface area (Å²) in [7, 11) is 0. The maximum atomic E-state index is 4.89. The summed E-state index contributed by atoms with van der Waals surface area (Å²) in [6.45, 7) is 10.1. The van der Waals surface area contributed by atoms with Gasteiger partial charge < -0.3 is 0 Å². The fourth-order valence-electron chi connectivity index (χ4n) is 0.144. The highest BCUT2D eigenvalue weighted by molar-refractivity contribution is 4.81. The minimum atomic E-state index is 0.917. The first-order chi connectivity index (χ1) is 4.41. The second-order valence-electron chi connectivity index (χ2n) is 0.954. The van der Waals surface area contributed by atoms with E-state index in [-0.39, 0.29) is 0 Å². The zero-order valence-corrected chi connectivity index (χ0v) is 7.49. The van der Waals surface area contributed by atoms with Crippen molar-refractivity contribution in [1.29, 1.82) is 0 Å². The molecule has 0 N–H and O–H groups in total. The molecule has 0 spiro atoms. The van der Waals surface area contributed by atoms with Gasteiger partial charge in [0.15, 0.2) is 0 Å². The lowest BCUT2D eigenvalue weighted by atomic mass is 10.4. The van der Waals surface area contributed by atoms with Gasteiger partial charge in [0.05, 0.1) is 0 Å². The first-order valence-electron chi connectivity index (χ1n) is 3.85. The average Bonchev–Trinajstić information content (AvgIpc) is 1.98. The van der Waals surface area contributed by atoms with Gasteiger partial charge in [0.1, 0.15) is 0 Å². The number of unbranched alkanes of at least 4 members (excludes halogenated alkanes) is 1. The Labute approximate surface area is 60.7 Å². The van der Waals surface area contributed by atoms with E-state index in [4.69, 9.17) is 6.42 Å². The van der Waals surface area contributed by atoms with Gasteiger partial charge in [-0.2, -0.15) is 0 Å². The molecule has 0 radical (unpaired) electrons. The first kappa shape index (κ1) is 15.8. The zero-order chi connectivity index (χ0) is 8.12. The van der Waals surface area contributed by atoms with Gasteiger partial charge in [-0.15, -0.1) is 12.3 Å². The van der Waals surface area contributed by atoms with Crippen LogP contribution in [0.15, 0.2) is 0 Å². The Morgan fingerprint density at radius 2 is 1.44 bits per heavy atom. The van der Waals surface area contributed by atoms with Crippen LogP contribution < -0.4 is 0 Å². The summed E-state index contributed by atoms with van der Waals surface area (Å²) in [6, 6.07) is 0. The largest absolute Gasteiger partial charge is 0.120 e. The van der Waals surface area contributed by atoms with Gasteiger partial charge in [-0.3, -0.25) is 0 Å². The van der Waals surface area contributed by atoms with Crippen molar-refractivity contribution in [3.63, 3.8) is 0 Å². The third kappa shape index (κ3) is 96.0. The van der Waals surface area contributed by atoms with Gasteiger partial charge in [-0.25, -0.2) is 0 Å². The molecule has 0 heterocycles. The van der Waals surface area contributed by atoms with Gasteiger partial charge in [0.25, 0.3) is 0 Å². The second kappa shape index (κ2) is 49.6. The van der Waals surface area contributed by atoms with Crippen LogP contribution in [0.3, 0.4) is 0 Å². The molecule has 0 rings (SSSR count). The van der Waals surface area contributed by atoms with E-state index in [9.17, 15) is 0 Å². The normalized spacial score (nSPS) is 4.89. The molecule has 0 bridgehead atoms. The van der Waals surface area contributed by atoms with E-state index in [1.165, 1.54) is 0 Å². The van der Waals surface area contributed by atoms with Crippen LogP contribution in [0.25, 0.3) is 0 Å². The number of hydrogen-bond donors (Lipinski definition) is 0. The van der Waals surface area contributed by atoms with Crippen molar-refractivity contribution >= 4 is 0 Å². The van der Waals surface area contributed by atoms with E-state index < -0.39 is 0 Å². The highest BCUT2D eigenvalue weighted by Gasteiger charge is 1.61. The van der Waals surface area contributed by atoms with Crippen molar-refractivity contribution in [2.24, 2.45) is 0 Å². The fraction of sp³-hybridized carbons (Fsp3) is 0.778. The number of hydrogen-bond acceptors (Lipinski definition) is 0. The monoisotopic (exact) mass is 128 g/mol. The summed E-state index contributed by atoms with van der Waals surface area (Å²) in [4.78, 5) is 0. The van der Waals surface area contributed by atoms with Crippen molar-refractivity contribution in [3.8, 4) is 12.3 Å². The van der Waals surface area contributed by atoms with Gasteiger partial charge in [0.2, 0.25) is 0 Å². The minimum Gasteiger partial charge on any atom is -0.120 e. The molecule has 0 aliphatic heterocycles. The summed E-state index contributed by atoms with van der Waals surface area (Å²) in [5.41, 5.74) is 0. The van der Waals surface area contributed by atoms with E-state index in [2.05, 4.69) is 12.8 Å². The molecule has 56 valence electrons. The van der Waals surface area contributed by atoms with Gasteiger partial charge in [-0.05, 0) is 6.42 Å². The van der Waals surface area contributed by atoms with Gasteiger partial charge >= 0.3 is 0 Å². The van der Waals surface area contributed by atoms with Crippen LogP contribution in [0, 0.1) is 12.3 Å².